The normalized spacial score (nSPS) is 10.3. The molecule has 0 aliphatic carbocycles. The Labute approximate surface area is 124 Å². The van der Waals surface area contributed by atoms with Gasteiger partial charge in [-0.05, 0) is 30.7 Å². The first-order valence-electron chi connectivity index (χ1n) is 6.43. The lowest BCUT2D eigenvalue weighted by Gasteiger charge is -2.21. The van der Waals surface area contributed by atoms with Crippen LogP contribution in [-0.4, -0.2) is 55.9 Å². The van der Waals surface area contributed by atoms with Gasteiger partial charge in [0.05, 0.1) is 6.61 Å². The molecular weight excluding hydrogens is 282 g/mol. The molecule has 0 heterocycles. The standard InChI is InChI=1S/C14H20ClNO4/c1-19-10-2-7-16(8-9-17)14(18)11-20-13-5-3-12(15)4-6-13/h3-6,17H,2,7-11H2,1H3. The average molecular weight is 302 g/mol. The summed E-state index contributed by atoms with van der Waals surface area (Å²) < 4.78 is 10.3. The number of halogens is 1. The van der Waals surface area contributed by atoms with E-state index in [0.29, 0.717) is 30.5 Å². The summed E-state index contributed by atoms with van der Waals surface area (Å²) in [6.07, 6.45) is 0.725. The third-order valence-corrected chi connectivity index (χ3v) is 2.93. The molecule has 0 unspecified atom stereocenters. The van der Waals surface area contributed by atoms with Crippen LogP contribution in [0.1, 0.15) is 6.42 Å². The Hall–Kier alpha value is -1.30. The maximum absolute atomic E-state index is 12.0. The summed E-state index contributed by atoms with van der Waals surface area (Å²) in [5.41, 5.74) is 0. The first-order valence-corrected chi connectivity index (χ1v) is 6.81. The van der Waals surface area contributed by atoms with Crippen LogP contribution in [0.25, 0.3) is 0 Å². The third-order valence-electron chi connectivity index (χ3n) is 2.68. The minimum Gasteiger partial charge on any atom is -0.484 e. The van der Waals surface area contributed by atoms with Crippen molar-refractivity contribution in [1.82, 2.24) is 4.90 Å². The maximum Gasteiger partial charge on any atom is 0.260 e. The van der Waals surface area contributed by atoms with Gasteiger partial charge in [0.2, 0.25) is 0 Å². The van der Waals surface area contributed by atoms with E-state index < -0.39 is 0 Å². The minimum atomic E-state index is -0.162. The molecule has 0 atom stereocenters. The van der Waals surface area contributed by atoms with Crippen molar-refractivity contribution in [3.8, 4) is 5.75 Å². The number of methoxy groups -OCH3 is 1. The van der Waals surface area contributed by atoms with Crippen molar-refractivity contribution >= 4 is 17.5 Å². The number of hydrogen-bond acceptors (Lipinski definition) is 4. The van der Waals surface area contributed by atoms with Crippen LogP contribution in [0.3, 0.4) is 0 Å². The Bertz CT molecular complexity index is 397. The minimum absolute atomic E-state index is 0.0609. The molecule has 20 heavy (non-hydrogen) atoms. The van der Waals surface area contributed by atoms with Crippen LogP contribution in [-0.2, 0) is 9.53 Å². The van der Waals surface area contributed by atoms with Gasteiger partial charge in [-0.25, -0.2) is 0 Å². The number of aliphatic hydroxyl groups excluding tert-OH is 1. The molecule has 6 heteroatoms. The van der Waals surface area contributed by atoms with Gasteiger partial charge < -0.3 is 19.5 Å². The Morgan fingerprint density at radius 3 is 2.60 bits per heavy atom. The summed E-state index contributed by atoms with van der Waals surface area (Å²) in [7, 11) is 1.61. The number of rotatable bonds is 9. The van der Waals surface area contributed by atoms with Gasteiger partial charge in [-0.15, -0.1) is 0 Å². The zero-order valence-electron chi connectivity index (χ0n) is 11.5. The van der Waals surface area contributed by atoms with Crippen molar-refractivity contribution in [3.63, 3.8) is 0 Å². The van der Waals surface area contributed by atoms with Gasteiger partial charge in [-0.1, -0.05) is 11.6 Å². The third kappa shape index (κ3) is 6.23. The lowest BCUT2D eigenvalue weighted by Crippen LogP contribution is -2.38. The van der Waals surface area contributed by atoms with E-state index in [1.165, 1.54) is 0 Å². The molecule has 0 aromatic heterocycles. The molecule has 1 aromatic carbocycles. The summed E-state index contributed by atoms with van der Waals surface area (Å²) in [5, 5.41) is 9.59. The van der Waals surface area contributed by atoms with E-state index in [1.807, 2.05) is 0 Å². The van der Waals surface area contributed by atoms with Gasteiger partial charge in [0.15, 0.2) is 6.61 Å². The maximum atomic E-state index is 12.0. The van der Waals surface area contributed by atoms with Crippen LogP contribution in [0.5, 0.6) is 5.75 Å². The molecule has 1 aromatic rings. The van der Waals surface area contributed by atoms with Crippen LogP contribution in [0.15, 0.2) is 24.3 Å². The molecule has 112 valence electrons. The summed E-state index contributed by atoms with van der Waals surface area (Å²) in [4.78, 5) is 13.6. The smallest absolute Gasteiger partial charge is 0.260 e. The number of amides is 1. The lowest BCUT2D eigenvalue weighted by molar-refractivity contribution is -0.134. The van der Waals surface area contributed by atoms with Crippen LogP contribution in [0, 0.1) is 0 Å². The summed E-state index contributed by atoms with van der Waals surface area (Å²) in [6.45, 7) is 1.28. The zero-order valence-corrected chi connectivity index (χ0v) is 12.3. The predicted octanol–water partition coefficient (Wildman–Crippen LogP) is 1.58. The van der Waals surface area contributed by atoms with Crippen molar-refractivity contribution in [2.75, 3.05) is 40.0 Å². The highest BCUT2D eigenvalue weighted by atomic mass is 35.5. The topological polar surface area (TPSA) is 59.0 Å². The van der Waals surface area contributed by atoms with Crippen LogP contribution in [0.4, 0.5) is 0 Å². The molecule has 0 saturated heterocycles. The van der Waals surface area contributed by atoms with Gasteiger partial charge in [0.1, 0.15) is 5.75 Å². The monoisotopic (exact) mass is 301 g/mol. The molecule has 0 fully saturated rings. The lowest BCUT2D eigenvalue weighted by atomic mass is 10.3. The number of nitrogens with zero attached hydrogens (tertiary/aromatic N) is 1. The van der Waals surface area contributed by atoms with Crippen molar-refractivity contribution in [3.05, 3.63) is 29.3 Å². The van der Waals surface area contributed by atoms with Crippen molar-refractivity contribution in [2.24, 2.45) is 0 Å². The fourth-order valence-electron chi connectivity index (χ4n) is 1.65. The van der Waals surface area contributed by atoms with Gasteiger partial charge in [0, 0.05) is 31.8 Å². The van der Waals surface area contributed by atoms with Gasteiger partial charge >= 0.3 is 0 Å². The fraction of sp³-hybridized carbons (Fsp3) is 0.500. The van der Waals surface area contributed by atoms with Crippen LogP contribution < -0.4 is 4.74 Å². The SMILES string of the molecule is COCCCN(CCO)C(=O)COc1ccc(Cl)cc1. The molecule has 0 aliphatic rings. The molecule has 1 rings (SSSR count). The number of aliphatic hydroxyl groups is 1. The second-order valence-electron chi connectivity index (χ2n) is 4.19. The summed E-state index contributed by atoms with van der Waals surface area (Å²) in [5.74, 6) is 0.425. The van der Waals surface area contributed by atoms with E-state index in [9.17, 15) is 4.79 Å². The van der Waals surface area contributed by atoms with Gasteiger partial charge in [-0.3, -0.25) is 4.79 Å². The molecule has 0 aliphatic heterocycles. The first kappa shape index (κ1) is 16.8. The number of hydrogen-bond donors (Lipinski definition) is 1. The summed E-state index contributed by atoms with van der Waals surface area (Å²) >= 11 is 5.77. The first-order chi connectivity index (χ1) is 9.67. The zero-order chi connectivity index (χ0) is 14.8. The predicted molar refractivity (Wildman–Crippen MR) is 77.1 cm³/mol. The molecule has 0 radical (unpaired) electrons. The average Bonchev–Trinajstić information content (AvgIpc) is 2.45. The molecule has 5 nitrogen and oxygen atoms in total. The van der Waals surface area contributed by atoms with E-state index in [0.717, 1.165) is 6.42 Å². The van der Waals surface area contributed by atoms with Crippen molar-refractivity contribution in [1.29, 1.82) is 0 Å². The summed E-state index contributed by atoms with van der Waals surface area (Å²) in [6, 6.07) is 6.81. The number of carbonyl (C=O) groups is 1. The van der Waals surface area contributed by atoms with E-state index in [-0.39, 0.29) is 19.1 Å². The van der Waals surface area contributed by atoms with E-state index >= 15 is 0 Å². The highest BCUT2D eigenvalue weighted by Crippen LogP contribution is 2.15. The Balaban J connectivity index is 2.42. The van der Waals surface area contributed by atoms with Crippen molar-refractivity contribution < 1.29 is 19.4 Å². The molecule has 0 spiro atoms. The van der Waals surface area contributed by atoms with Crippen LogP contribution in [0.2, 0.25) is 5.02 Å². The fourth-order valence-corrected chi connectivity index (χ4v) is 1.77. The molecular formula is C14H20ClNO4. The van der Waals surface area contributed by atoms with E-state index in [4.69, 9.17) is 26.2 Å². The number of ether oxygens (including phenoxy) is 2. The second kappa shape index (κ2) is 9.58. The van der Waals surface area contributed by atoms with Gasteiger partial charge in [0.25, 0.3) is 5.91 Å². The molecule has 1 amide bonds. The highest BCUT2D eigenvalue weighted by molar-refractivity contribution is 6.30. The Morgan fingerprint density at radius 2 is 2.00 bits per heavy atom. The number of carbonyl (C=O) groups excluding carboxylic acids is 1. The van der Waals surface area contributed by atoms with Crippen LogP contribution >= 0.6 is 11.6 Å². The second-order valence-corrected chi connectivity index (χ2v) is 4.63. The molecule has 0 bridgehead atoms. The van der Waals surface area contributed by atoms with E-state index in [1.54, 1.807) is 36.3 Å². The highest BCUT2D eigenvalue weighted by Gasteiger charge is 2.13. The Kier molecular flexibility index (Phi) is 8.02. The number of benzene rings is 1. The molecule has 0 saturated carbocycles. The van der Waals surface area contributed by atoms with Gasteiger partial charge in [-0.2, -0.15) is 0 Å². The largest absolute Gasteiger partial charge is 0.484 e. The van der Waals surface area contributed by atoms with E-state index in [2.05, 4.69) is 0 Å². The molecule has 1 N–H and O–H groups in total. The Morgan fingerprint density at radius 1 is 1.30 bits per heavy atom. The van der Waals surface area contributed by atoms with Crippen molar-refractivity contribution in [2.45, 2.75) is 6.42 Å². The quantitative estimate of drug-likeness (QED) is 0.704.